The van der Waals surface area contributed by atoms with E-state index >= 15 is 0 Å². The molecule has 0 aromatic rings. The highest BCUT2D eigenvalue weighted by atomic mass is 16.5. The molecule has 0 aliphatic heterocycles. The Morgan fingerprint density at radius 2 is 1.03 bits per heavy atom. The van der Waals surface area contributed by atoms with Crippen LogP contribution in [0, 0.1) is 17.3 Å². The second-order valence-corrected chi connectivity index (χ2v) is 9.58. The zero-order valence-corrected chi connectivity index (χ0v) is 19.7. The summed E-state index contributed by atoms with van der Waals surface area (Å²) >= 11 is 0. The molecule has 0 spiro atoms. The fourth-order valence-electron chi connectivity index (χ4n) is 5.12. The lowest BCUT2D eigenvalue weighted by atomic mass is 9.60. The van der Waals surface area contributed by atoms with Crippen LogP contribution in [0.4, 0.5) is 0 Å². The molecular weight excluding hydrogens is 396 g/mol. The predicted octanol–water partition coefficient (Wildman–Crippen LogP) is 4.62. The zero-order valence-electron chi connectivity index (χ0n) is 19.7. The van der Waals surface area contributed by atoms with Crippen LogP contribution in [0.5, 0.6) is 0 Å². The van der Waals surface area contributed by atoms with Gasteiger partial charge >= 0.3 is 11.9 Å². The lowest BCUT2D eigenvalue weighted by Gasteiger charge is -2.46. The third-order valence-corrected chi connectivity index (χ3v) is 7.39. The molecule has 31 heavy (non-hydrogen) atoms. The SMILES string of the molecule is C=C(COC1CCC(C(C)(C)C2CCC(OCC(=C)C(=O)OC)CC2)CC1)C(=O)OC. The summed E-state index contributed by atoms with van der Waals surface area (Å²) in [5.74, 6) is 0.559. The molecule has 0 atom stereocenters. The maximum absolute atomic E-state index is 11.4. The van der Waals surface area contributed by atoms with Crippen LogP contribution < -0.4 is 0 Å². The topological polar surface area (TPSA) is 71.1 Å². The van der Waals surface area contributed by atoms with E-state index in [1.54, 1.807) is 0 Å². The summed E-state index contributed by atoms with van der Waals surface area (Å²) in [5, 5.41) is 0. The summed E-state index contributed by atoms with van der Waals surface area (Å²) < 4.78 is 21.2. The van der Waals surface area contributed by atoms with Gasteiger partial charge in [-0.25, -0.2) is 9.59 Å². The molecule has 0 radical (unpaired) electrons. The first-order valence-electron chi connectivity index (χ1n) is 11.4. The summed E-state index contributed by atoms with van der Waals surface area (Å²) in [6.45, 7) is 12.8. The molecule has 0 unspecified atom stereocenters. The summed E-state index contributed by atoms with van der Waals surface area (Å²) in [5.41, 5.74) is 1.03. The largest absolute Gasteiger partial charge is 0.466 e. The van der Waals surface area contributed by atoms with Gasteiger partial charge in [0.25, 0.3) is 0 Å². The molecule has 0 heterocycles. The minimum atomic E-state index is -0.399. The highest BCUT2D eigenvalue weighted by Crippen LogP contribution is 2.48. The summed E-state index contributed by atoms with van der Waals surface area (Å²) in [7, 11) is 2.72. The maximum atomic E-state index is 11.4. The van der Waals surface area contributed by atoms with Crippen LogP contribution in [-0.2, 0) is 28.5 Å². The van der Waals surface area contributed by atoms with Gasteiger partial charge in [0.15, 0.2) is 0 Å². The number of carbonyl (C=O) groups excluding carboxylic acids is 2. The van der Waals surface area contributed by atoms with Crippen molar-refractivity contribution in [3.05, 3.63) is 24.3 Å². The Hall–Kier alpha value is -1.66. The number of hydrogen-bond donors (Lipinski definition) is 0. The van der Waals surface area contributed by atoms with Crippen LogP contribution in [-0.4, -0.2) is 51.6 Å². The Bertz CT molecular complexity index is 582. The van der Waals surface area contributed by atoms with Crippen LogP contribution in [0.25, 0.3) is 0 Å². The minimum absolute atomic E-state index is 0.195. The van der Waals surface area contributed by atoms with Gasteiger partial charge in [-0.05, 0) is 68.6 Å². The average Bonchev–Trinajstić information content (AvgIpc) is 2.80. The number of carbonyl (C=O) groups is 2. The van der Waals surface area contributed by atoms with Crippen LogP contribution in [0.15, 0.2) is 24.3 Å². The van der Waals surface area contributed by atoms with Crippen molar-refractivity contribution < 1.29 is 28.5 Å². The molecule has 2 rings (SSSR count). The second-order valence-electron chi connectivity index (χ2n) is 9.58. The van der Waals surface area contributed by atoms with Crippen molar-refractivity contribution in [2.75, 3.05) is 27.4 Å². The summed E-state index contributed by atoms with van der Waals surface area (Å²) in [6.07, 6.45) is 9.09. The lowest BCUT2D eigenvalue weighted by Crippen LogP contribution is -2.39. The molecule has 0 saturated heterocycles. The number of esters is 2. The fourth-order valence-corrected chi connectivity index (χ4v) is 5.12. The summed E-state index contributed by atoms with van der Waals surface area (Å²) in [4.78, 5) is 22.9. The van der Waals surface area contributed by atoms with Crippen molar-refractivity contribution in [1.29, 1.82) is 0 Å². The molecule has 2 saturated carbocycles. The number of rotatable bonds is 10. The molecule has 2 fully saturated rings. The van der Waals surface area contributed by atoms with E-state index in [1.807, 2.05) is 0 Å². The van der Waals surface area contributed by atoms with E-state index in [-0.39, 0.29) is 30.8 Å². The molecule has 176 valence electrons. The first-order valence-corrected chi connectivity index (χ1v) is 11.4. The van der Waals surface area contributed by atoms with E-state index in [0.717, 1.165) is 51.4 Å². The third-order valence-electron chi connectivity index (χ3n) is 7.39. The molecule has 6 nitrogen and oxygen atoms in total. The van der Waals surface area contributed by atoms with Gasteiger partial charge in [0.05, 0.1) is 50.8 Å². The standard InChI is InChI=1S/C25H40O6/c1-17(23(26)28-5)15-30-21-11-7-19(8-12-21)25(3,4)20-9-13-22(14-10-20)31-16-18(2)24(27)29-6/h19-22H,1-2,7-16H2,3-6H3. The average molecular weight is 437 g/mol. The van der Waals surface area contributed by atoms with E-state index in [9.17, 15) is 9.59 Å². The zero-order chi connectivity index (χ0) is 23.0. The van der Waals surface area contributed by atoms with Gasteiger partial charge in [0.1, 0.15) is 0 Å². The minimum Gasteiger partial charge on any atom is -0.466 e. The Morgan fingerprint density at radius 1 is 0.710 bits per heavy atom. The monoisotopic (exact) mass is 436 g/mol. The van der Waals surface area contributed by atoms with Gasteiger partial charge < -0.3 is 18.9 Å². The highest BCUT2D eigenvalue weighted by Gasteiger charge is 2.40. The Morgan fingerprint density at radius 3 is 1.32 bits per heavy atom. The van der Waals surface area contributed by atoms with Crippen molar-refractivity contribution >= 4 is 11.9 Å². The Labute approximate surface area is 187 Å². The van der Waals surface area contributed by atoms with Crippen molar-refractivity contribution in [3.8, 4) is 0 Å². The van der Waals surface area contributed by atoms with E-state index in [0.29, 0.717) is 23.0 Å². The quantitative estimate of drug-likeness (QED) is 0.368. The molecule has 2 aliphatic rings. The Kier molecular flexibility index (Phi) is 9.76. The Balaban J connectivity index is 1.73. The first kappa shape index (κ1) is 25.6. The predicted molar refractivity (Wildman–Crippen MR) is 119 cm³/mol. The second kappa shape index (κ2) is 11.8. The molecule has 0 bridgehead atoms. The van der Waals surface area contributed by atoms with Gasteiger partial charge in [-0.2, -0.15) is 0 Å². The molecule has 2 aliphatic carbocycles. The van der Waals surface area contributed by atoms with Gasteiger partial charge in [-0.1, -0.05) is 27.0 Å². The van der Waals surface area contributed by atoms with Crippen LogP contribution in [0.3, 0.4) is 0 Å². The van der Waals surface area contributed by atoms with Crippen molar-refractivity contribution in [3.63, 3.8) is 0 Å². The van der Waals surface area contributed by atoms with Crippen molar-refractivity contribution in [2.45, 2.75) is 77.4 Å². The van der Waals surface area contributed by atoms with Gasteiger partial charge in [0, 0.05) is 0 Å². The maximum Gasteiger partial charge on any atom is 0.335 e. The first-order chi connectivity index (χ1) is 14.7. The molecule has 0 aromatic heterocycles. The van der Waals surface area contributed by atoms with E-state index in [2.05, 4.69) is 36.5 Å². The molecular formula is C25H40O6. The van der Waals surface area contributed by atoms with E-state index in [1.165, 1.54) is 14.2 Å². The normalized spacial score (nSPS) is 26.7. The van der Waals surface area contributed by atoms with Crippen molar-refractivity contribution in [2.24, 2.45) is 17.3 Å². The third kappa shape index (κ3) is 7.18. The van der Waals surface area contributed by atoms with Gasteiger partial charge in [-0.3, -0.25) is 0 Å². The highest BCUT2D eigenvalue weighted by molar-refractivity contribution is 5.88. The fraction of sp³-hybridized carbons (Fsp3) is 0.760. The molecule has 0 aromatic carbocycles. The smallest absolute Gasteiger partial charge is 0.335 e. The van der Waals surface area contributed by atoms with Crippen LogP contribution in [0.1, 0.15) is 65.2 Å². The van der Waals surface area contributed by atoms with E-state index in [4.69, 9.17) is 9.47 Å². The van der Waals surface area contributed by atoms with Crippen LogP contribution >= 0.6 is 0 Å². The number of hydrogen-bond acceptors (Lipinski definition) is 6. The van der Waals surface area contributed by atoms with Crippen molar-refractivity contribution in [1.82, 2.24) is 0 Å². The number of methoxy groups -OCH3 is 2. The van der Waals surface area contributed by atoms with Gasteiger partial charge in [0.2, 0.25) is 0 Å². The molecule has 0 amide bonds. The van der Waals surface area contributed by atoms with E-state index < -0.39 is 11.9 Å². The summed E-state index contributed by atoms with van der Waals surface area (Å²) in [6, 6.07) is 0. The molecule has 6 heteroatoms. The lowest BCUT2D eigenvalue weighted by molar-refractivity contribution is -0.138. The van der Waals surface area contributed by atoms with Gasteiger partial charge in [-0.15, -0.1) is 0 Å². The number of ether oxygens (including phenoxy) is 4. The van der Waals surface area contributed by atoms with Crippen LogP contribution in [0.2, 0.25) is 0 Å². The molecule has 0 N–H and O–H groups in total.